The first kappa shape index (κ1) is 10.1. The zero-order chi connectivity index (χ0) is 11.0. The number of rotatable bonds is 1. The van der Waals surface area contributed by atoms with Crippen LogP contribution in [0.4, 0.5) is 5.82 Å². The Hall–Kier alpha value is -1.43. The molecule has 0 amide bonds. The summed E-state index contributed by atoms with van der Waals surface area (Å²) in [5.41, 5.74) is 7.46. The number of carboxylic acids is 1. The van der Waals surface area contributed by atoms with E-state index < -0.39 is 5.97 Å². The number of anilines is 1. The molecule has 1 aromatic rings. The second kappa shape index (κ2) is 3.62. The zero-order valence-electron chi connectivity index (χ0n) is 7.99. The van der Waals surface area contributed by atoms with Crippen LogP contribution in [-0.2, 0) is 17.6 Å². The Balaban J connectivity index is 2.41. The van der Waals surface area contributed by atoms with Gasteiger partial charge in [0.15, 0.2) is 4.77 Å². The highest BCUT2D eigenvalue weighted by Gasteiger charge is 2.26. The Kier molecular flexibility index (Phi) is 2.44. The van der Waals surface area contributed by atoms with Crippen LogP contribution in [0.1, 0.15) is 17.7 Å². The van der Waals surface area contributed by atoms with E-state index in [0.29, 0.717) is 29.9 Å². The van der Waals surface area contributed by atoms with Crippen LogP contribution in [0.5, 0.6) is 0 Å². The molecule has 1 aliphatic rings. The van der Waals surface area contributed by atoms with Crippen molar-refractivity contribution >= 4 is 24.0 Å². The van der Waals surface area contributed by atoms with Gasteiger partial charge in [-0.25, -0.2) is 4.98 Å². The first-order chi connectivity index (χ1) is 7.08. The Morgan fingerprint density at radius 2 is 2.40 bits per heavy atom. The molecule has 0 radical (unpaired) electrons. The zero-order valence-corrected chi connectivity index (χ0v) is 8.80. The molecule has 0 aliphatic heterocycles. The number of hydrogen-bond donors (Lipinski definition) is 3. The summed E-state index contributed by atoms with van der Waals surface area (Å²) in [6.07, 6.45) is 1.73. The van der Waals surface area contributed by atoms with Crippen molar-refractivity contribution in [3.8, 4) is 0 Å². The predicted octanol–water partition coefficient (Wildman–Crippen LogP) is 0.911. The van der Waals surface area contributed by atoms with Crippen LogP contribution in [0.25, 0.3) is 0 Å². The van der Waals surface area contributed by atoms with E-state index in [1.807, 2.05) is 0 Å². The van der Waals surface area contributed by atoms with Gasteiger partial charge in [-0.15, -0.1) is 0 Å². The molecule has 4 N–H and O–H groups in total. The van der Waals surface area contributed by atoms with Crippen molar-refractivity contribution in [2.75, 3.05) is 5.73 Å². The molecule has 0 spiro atoms. The number of nitrogens with one attached hydrogen (secondary N) is 1. The summed E-state index contributed by atoms with van der Waals surface area (Å²) >= 11 is 4.90. The van der Waals surface area contributed by atoms with Gasteiger partial charge in [0.05, 0.1) is 5.92 Å². The van der Waals surface area contributed by atoms with Crippen molar-refractivity contribution in [1.82, 2.24) is 9.97 Å². The minimum Gasteiger partial charge on any atom is -0.481 e. The molecule has 0 bridgehead atoms. The summed E-state index contributed by atoms with van der Waals surface area (Å²) in [6, 6.07) is 0. The highest BCUT2D eigenvalue weighted by Crippen LogP contribution is 2.27. The lowest BCUT2D eigenvalue weighted by Crippen LogP contribution is -2.24. The van der Waals surface area contributed by atoms with Crippen molar-refractivity contribution in [3.05, 3.63) is 16.0 Å². The normalized spacial score (nSPS) is 19.6. The van der Waals surface area contributed by atoms with Crippen LogP contribution >= 0.6 is 12.2 Å². The molecule has 80 valence electrons. The van der Waals surface area contributed by atoms with E-state index >= 15 is 0 Å². The van der Waals surface area contributed by atoms with Crippen LogP contribution in [0.2, 0.25) is 0 Å². The second-order valence-electron chi connectivity index (χ2n) is 3.66. The summed E-state index contributed by atoms with van der Waals surface area (Å²) < 4.78 is 0.361. The lowest BCUT2D eigenvalue weighted by atomic mass is 9.87. The molecule has 2 rings (SSSR count). The highest BCUT2D eigenvalue weighted by atomic mass is 32.1. The molecule has 1 unspecified atom stereocenters. The molecular weight excluding hydrogens is 214 g/mol. The fourth-order valence-electron chi connectivity index (χ4n) is 1.88. The van der Waals surface area contributed by atoms with Crippen molar-refractivity contribution < 1.29 is 9.90 Å². The molecule has 0 saturated heterocycles. The Labute approximate surface area is 91.3 Å². The number of aryl methyl sites for hydroxylation is 1. The van der Waals surface area contributed by atoms with Crippen LogP contribution in [0, 0.1) is 10.7 Å². The van der Waals surface area contributed by atoms with Gasteiger partial charge >= 0.3 is 5.97 Å². The third-order valence-electron chi connectivity index (χ3n) is 2.70. The van der Waals surface area contributed by atoms with Gasteiger partial charge in [-0.2, -0.15) is 0 Å². The Bertz CT molecular complexity index is 469. The van der Waals surface area contributed by atoms with Gasteiger partial charge in [0, 0.05) is 11.3 Å². The molecule has 0 aromatic carbocycles. The summed E-state index contributed by atoms with van der Waals surface area (Å²) in [6.45, 7) is 0. The third-order valence-corrected chi connectivity index (χ3v) is 2.89. The van der Waals surface area contributed by atoms with E-state index in [4.69, 9.17) is 23.1 Å². The van der Waals surface area contributed by atoms with Crippen LogP contribution in [-0.4, -0.2) is 21.0 Å². The van der Waals surface area contributed by atoms with Gasteiger partial charge in [-0.05, 0) is 31.5 Å². The molecule has 1 aromatic heterocycles. The number of fused-ring (bicyclic) bond motifs is 1. The van der Waals surface area contributed by atoms with Gasteiger partial charge in [-0.3, -0.25) is 4.79 Å². The maximum absolute atomic E-state index is 10.9. The lowest BCUT2D eigenvalue weighted by Gasteiger charge is -2.21. The molecular formula is C9H11N3O2S. The fraction of sp³-hybridized carbons (Fsp3) is 0.444. The van der Waals surface area contributed by atoms with Crippen molar-refractivity contribution in [3.63, 3.8) is 0 Å². The van der Waals surface area contributed by atoms with Crippen molar-refractivity contribution in [1.29, 1.82) is 0 Å². The van der Waals surface area contributed by atoms with Crippen LogP contribution in [0.15, 0.2) is 0 Å². The largest absolute Gasteiger partial charge is 0.481 e. The van der Waals surface area contributed by atoms with Gasteiger partial charge in [0.2, 0.25) is 0 Å². The lowest BCUT2D eigenvalue weighted by molar-refractivity contribution is -0.142. The van der Waals surface area contributed by atoms with Gasteiger partial charge in [0.25, 0.3) is 0 Å². The number of nitrogens with two attached hydrogens (primary N) is 1. The standard InChI is InChI=1S/C9H11N3O2S/c10-7-5-3-4(8(13)14)1-2-6(5)11-9(15)12-7/h4H,1-3H2,(H,13,14)(H3,10,11,12,15). The van der Waals surface area contributed by atoms with E-state index in [1.165, 1.54) is 0 Å². The third kappa shape index (κ3) is 1.85. The van der Waals surface area contributed by atoms with E-state index in [-0.39, 0.29) is 5.92 Å². The van der Waals surface area contributed by atoms with Crippen LogP contribution in [0.3, 0.4) is 0 Å². The Morgan fingerprint density at radius 1 is 1.67 bits per heavy atom. The number of nitrogens with zero attached hydrogens (tertiary/aromatic N) is 1. The fourth-order valence-corrected chi connectivity index (χ4v) is 2.10. The number of hydrogen-bond acceptors (Lipinski definition) is 4. The van der Waals surface area contributed by atoms with E-state index in [2.05, 4.69) is 9.97 Å². The van der Waals surface area contributed by atoms with Crippen LogP contribution < -0.4 is 5.73 Å². The number of aliphatic carboxylic acids is 1. The molecule has 1 heterocycles. The maximum Gasteiger partial charge on any atom is 0.306 e. The minimum absolute atomic E-state index is 0.356. The number of H-pyrrole nitrogens is 1. The first-order valence-electron chi connectivity index (χ1n) is 4.68. The van der Waals surface area contributed by atoms with E-state index in [0.717, 1.165) is 11.3 Å². The topological polar surface area (TPSA) is 92.0 Å². The molecule has 1 aliphatic carbocycles. The number of nitrogen functional groups attached to an aromatic ring is 1. The highest BCUT2D eigenvalue weighted by molar-refractivity contribution is 7.71. The average Bonchev–Trinajstić information content (AvgIpc) is 2.16. The maximum atomic E-state index is 10.9. The summed E-state index contributed by atoms with van der Waals surface area (Å²) in [5.74, 6) is -0.770. The summed E-state index contributed by atoms with van der Waals surface area (Å²) in [4.78, 5) is 17.7. The number of aromatic nitrogens is 2. The van der Waals surface area contributed by atoms with Crippen molar-refractivity contribution in [2.45, 2.75) is 19.3 Å². The summed E-state index contributed by atoms with van der Waals surface area (Å²) in [7, 11) is 0. The minimum atomic E-state index is -0.775. The van der Waals surface area contributed by atoms with E-state index in [9.17, 15) is 4.79 Å². The quantitative estimate of drug-likeness (QED) is 0.618. The second-order valence-corrected chi connectivity index (χ2v) is 4.05. The summed E-state index contributed by atoms with van der Waals surface area (Å²) in [5, 5.41) is 8.92. The first-order valence-corrected chi connectivity index (χ1v) is 5.09. The monoisotopic (exact) mass is 225 g/mol. The Morgan fingerprint density at radius 3 is 3.07 bits per heavy atom. The smallest absolute Gasteiger partial charge is 0.306 e. The SMILES string of the molecule is Nc1nc(=S)[nH]c2c1CC(C(=O)O)CC2. The van der Waals surface area contributed by atoms with Gasteiger partial charge in [-0.1, -0.05) is 0 Å². The molecule has 5 nitrogen and oxygen atoms in total. The molecule has 1 atom stereocenters. The number of carbonyl (C=O) groups is 1. The molecule has 0 saturated carbocycles. The molecule has 15 heavy (non-hydrogen) atoms. The number of carboxylic acid groups (broad SMARTS) is 1. The molecule has 6 heteroatoms. The molecule has 0 fully saturated rings. The van der Waals surface area contributed by atoms with Gasteiger partial charge < -0.3 is 15.8 Å². The van der Waals surface area contributed by atoms with Crippen molar-refractivity contribution in [2.24, 2.45) is 5.92 Å². The average molecular weight is 225 g/mol. The predicted molar refractivity (Wildman–Crippen MR) is 57.0 cm³/mol. The van der Waals surface area contributed by atoms with E-state index in [1.54, 1.807) is 0 Å². The van der Waals surface area contributed by atoms with Gasteiger partial charge in [0.1, 0.15) is 5.82 Å². The number of aromatic amines is 1.